The molecule has 9 heteroatoms. The van der Waals surface area contributed by atoms with Gasteiger partial charge < -0.3 is 15.6 Å². The van der Waals surface area contributed by atoms with Gasteiger partial charge in [0.05, 0.1) is 23.1 Å². The molecule has 30 heavy (non-hydrogen) atoms. The minimum absolute atomic E-state index is 0.00911. The second-order valence-corrected chi connectivity index (χ2v) is 8.53. The molecule has 1 aromatic heterocycles. The van der Waals surface area contributed by atoms with Crippen molar-refractivity contribution in [3.63, 3.8) is 0 Å². The van der Waals surface area contributed by atoms with E-state index in [4.69, 9.17) is 12.4 Å². The maximum atomic E-state index is 15.2. The van der Waals surface area contributed by atoms with Gasteiger partial charge in [-0.15, -0.1) is 0 Å². The average molecular weight is 414 g/mol. The number of halogens is 1. The Hall–Kier alpha value is -2.86. The summed E-state index contributed by atoms with van der Waals surface area (Å²) < 4.78 is 17.3. The molecule has 4 rings (SSSR count). The summed E-state index contributed by atoms with van der Waals surface area (Å²) in [5.41, 5.74) is 0.381. The van der Waals surface area contributed by atoms with Crippen molar-refractivity contribution in [2.75, 3.05) is 50.5 Å². The third-order valence-electron chi connectivity index (χ3n) is 6.24. The van der Waals surface area contributed by atoms with E-state index in [-0.39, 0.29) is 11.4 Å². The van der Waals surface area contributed by atoms with Gasteiger partial charge in [-0.25, -0.2) is 15.8 Å². The highest BCUT2D eigenvalue weighted by Gasteiger charge is 2.32. The van der Waals surface area contributed by atoms with Crippen LogP contribution in [0.5, 0.6) is 0 Å². The predicted octanol–water partition coefficient (Wildman–Crippen LogP) is 1.34. The van der Waals surface area contributed by atoms with Crippen molar-refractivity contribution >= 4 is 16.6 Å². The Morgan fingerprint density at radius 1 is 1.33 bits per heavy atom. The molecule has 1 saturated carbocycles. The Labute approximate surface area is 174 Å². The summed E-state index contributed by atoms with van der Waals surface area (Å²) in [6.45, 7) is 12.2. The lowest BCUT2D eigenvalue weighted by Crippen LogP contribution is -2.44. The molecule has 1 atom stereocenters. The number of nitrogens with two attached hydrogens (primary N) is 1. The van der Waals surface area contributed by atoms with Crippen molar-refractivity contribution in [3.8, 4) is 0 Å². The van der Waals surface area contributed by atoms with E-state index in [1.54, 1.807) is 11.5 Å². The zero-order valence-electron chi connectivity index (χ0n) is 17.4. The van der Waals surface area contributed by atoms with Crippen molar-refractivity contribution in [1.82, 2.24) is 14.1 Å². The predicted molar refractivity (Wildman–Crippen MR) is 115 cm³/mol. The standard InChI is InChI=1S/C21H27FN6O2/c1-13-18-16(20(29)28(23)21(30)27(18)15-4-5-15)10-17(22)19(13)26-8-6-14(12-26)11-25(3)9-7-24-2/h10,14-15H,4-9,11-12,23H2,1,3H3. The van der Waals surface area contributed by atoms with Gasteiger partial charge in [0.1, 0.15) is 5.82 Å². The number of benzene rings is 1. The molecule has 0 spiro atoms. The van der Waals surface area contributed by atoms with Crippen molar-refractivity contribution < 1.29 is 4.39 Å². The maximum Gasteiger partial charge on any atom is 0.350 e. The Balaban J connectivity index is 1.72. The van der Waals surface area contributed by atoms with E-state index >= 15 is 4.39 Å². The molecule has 8 nitrogen and oxygen atoms in total. The SMILES string of the molecule is [C-]#[N+]CCN(C)CC1CCN(c2c(F)cc3c(=O)n(N)c(=O)n(C4CC4)c3c2C)C1. The molecule has 0 amide bonds. The van der Waals surface area contributed by atoms with E-state index in [9.17, 15) is 9.59 Å². The summed E-state index contributed by atoms with van der Waals surface area (Å²) in [6, 6.07) is 1.24. The van der Waals surface area contributed by atoms with Crippen LogP contribution in [0.1, 0.15) is 30.9 Å². The van der Waals surface area contributed by atoms with Gasteiger partial charge in [0, 0.05) is 31.2 Å². The van der Waals surface area contributed by atoms with Crippen LogP contribution in [-0.2, 0) is 0 Å². The van der Waals surface area contributed by atoms with Gasteiger partial charge in [0.2, 0.25) is 6.54 Å². The number of likely N-dealkylation sites (N-methyl/N-ethyl adjacent to an activating group) is 1. The van der Waals surface area contributed by atoms with Gasteiger partial charge in [-0.3, -0.25) is 14.3 Å². The van der Waals surface area contributed by atoms with Crippen molar-refractivity contribution in [3.05, 3.63) is 49.7 Å². The highest BCUT2D eigenvalue weighted by molar-refractivity contribution is 5.87. The molecule has 2 fully saturated rings. The van der Waals surface area contributed by atoms with Gasteiger partial charge in [-0.1, -0.05) is 0 Å². The summed E-state index contributed by atoms with van der Waals surface area (Å²) in [5, 5.41) is 0.150. The first kappa shape index (κ1) is 20.4. The van der Waals surface area contributed by atoms with E-state index in [0.29, 0.717) is 47.0 Å². The molecule has 2 aromatic rings. The molecule has 1 aromatic carbocycles. The second-order valence-electron chi connectivity index (χ2n) is 8.53. The number of rotatable bonds is 6. The van der Waals surface area contributed by atoms with Crippen LogP contribution in [0.25, 0.3) is 15.7 Å². The molecule has 1 aliphatic carbocycles. The summed E-state index contributed by atoms with van der Waals surface area (Å²) in [7, 11) is 2.00. The molecule has 0 bridgehead atoms. The molecular formula is C21H27FN6O2. The van der Waals surface area contributed by atoms with E-state index in [0.717, 1.165) is 32.4 Å². The minimum Gasteiger partial charge on any atom is -0.369 e. The number of nitrogens with zero attached hydrogens (tertiary/aromatic N) is 5. The molecule has 2 heterocycles. The van der Waals surface area contributed by atoms with Gasteiger partial charge in [0.25, 0.3) is 5.56 Å². The van der Waals surface area contributed by atoms with Crippen molar-refractivity contribution in [2.24, 2.45) is 5.92 Å². The lowest BCUT2D eigenvalue weighted by Gasteiger charge is -2.25. The highest BCUT2D eigenvalue weighted by atomic mass is 19.1. The van der Waals surface area contributed by atoms with Crippen LogP contribution in [0, 0.1) is 25.2 Å². The van der Waals surface area contributed by atoms with Gasteiger partial charge in [-0.05, 0) is 45.2 Å². The smallest absolute Gasteiger partial charge is 0.350 e. The third-order valence-corrected chi connectivity index (χ3v) is 6.24. The lowest BCUT2D eigenvalue weighted by molar-refractivity contribution is 0.298. The highest BCUT2D eigenvalue weighted by Crippen LogP contribution is 2.39. The first-order chi connectivity index (χ1) is 14.3. The first-order valence-corrected chi connectivity index (χ1v) is 10.4. The fourth-order valence-corrected chi connectivity index (χ4v) is 4.66. The van der Waals surface area contributed by atoms with E-state index < -0.39 is 17.1 Å². The first-order valence-electron chi connectivity index (χ1n) is 10.4. The Kier molecular flexibility index (Phi) is 5.28. The van der Waals surface area contributed by atoms with Gasteiger partial charge >= 0.3 is 5.69 Å². The Morgan fingerprint density at radius 3 is 2.73 bits per heavy atom. The summed E-state index contributed by atoms with van der Waals surface area (Å²) in [5.74, 6) is 5.60. The number of nitrogen functional groups attached to an aromatic ring is 1. The van der Waals surface area contributed by atoms with Crippen LogP contribution in [0.15, 0.2) is 15.7 Å². The molecule has 1 saturated heterocycles. The molecule has 1 unspecified atom stereocenters. The monoisotopic (exact) mass is 414 g/mol. The van der Waals surface area contributed by atoms with Crippen LogP contribution < -0.4 is 22.0 Å². The number of aryl methyl sites for hydroxylation is 1. The minimum atomic E-state index is -0.666. The zero-order chi connectivity index (χ0) is 21.6. The molecule has 0 radical (unpaired) electrons. The van der Waals surface area contributed by atoms with E-state index in [1.165, 1.54) is 6.07 Å². The fourth-order valence-electron chi connectivity index (χ4n) is 4.66. The molecular weight excluding hydrogens is 387 g/mol. The molecule has 2 N–H and O–H groups in total. The quantitative estimate of drug-likeness (QED) is 0.570. The Bertz CT molecular complexity index is 1140. The number of hydrogen-bond acceptors (Lipinski definition) is 5. The van der Waals surface area contributed by atoms with E-state index in [2.05, 4.69) is 9.74 Å². The number of hydrogen-bond donors (Lipinski definition) is 1. The zero-order valence-corrected chi connectivity index (χ0v) is 17.4. The maximum absolute atomic E-state index is 15.2. The van der Waals surface area contributed by atoms with Crippen molar-refractivity contribution in [1.29, 1.82) is 0 Å². The number of anilines is 1. The molecule has 160 valence electrons. The lowest BCUT2D eigenvalue weighted by atomic mass is 10.1. The topological polar surface area (TPSA) is 80.9 Å². The van der Waals surface area contributed by atoms with E-state index in [1.807, 2.05) is 11.9 Å². The summed E-state index contributed by atoms with van der Waals surface area (Å²) in [6.07, 6.45) is 2.63. The van der Waals surface area contributed by atoms with Crippen LogP contribution in [0.4, 0.5) is 10.1 Å². The van der Waals surface area contributed by atoms with Crippen LogP contribution in [0.2, 0.25) is 0 Å². The van der Waals surface area contributed by atoms with Gasteiger partial charge in [0.15, 0.2) is 0 Å². The fraction of sp³-hybridized carbons (Fsp3) is 0.571. The second kappa shape index (κ2) is 7.76. The van der Waals surface area contributed by atoms with Crippen LogP contribution in [0.3, 0.4) is 0 Å². The van der Waals surface area contributed by atoms with Crippen LogP contribution >= 0.6 is 0 Å². The Morgan fingerprint density at radius 2 is 2.07 bits per heavy atom. The third kappa shape index (κ3) is 3.45. The summed E-state index contributed by atoms with van der Waals surface area (Å²) in [4.78, 5) is 32.8. The largest absolute Gasteiger partial charge is 0.369 e. The normalized spacial score (nSPS) is 19.0. The molecule has 1 aliphatic heterocycles. The summed E-state index contributed by atoms with van der Waals surface area (Å²) >= 11 is 0. The van der Waals surface area contributed by atoms with Crippen LogP contribution in [-0.4, -0.2) is 53.9 Å². The molecule has 2 aliphatic rings. The average Bonchev–Trinajstić information content (AvgIpc) is 3.45. The van der Waals surface area contributed by atoms with Crippen molar-refractivity contribution in [2.45, 2.75) is 32.2 Å². The van der Waals surface area contributed by atoms with Gasteiger partial charge in [-0.2, -0.15) is 4.68 Å². The number of fused-ring (bicyclic) bond motifs is 1. The number of aromatic nitrogens is 2.